The van der Waals surface area contributed by atoms with Gasteiger partial charge in [-0.2, -0.15) is 0 Å². The van der Waals surface area contributed by atoms with E-state index in [9.17, 15) is 39.3 Å². The van der Waals surface area contributed by atoms with Crippen molar-refractivity contribution < 1.29 is 58.2 Å². The molecule has 6 atom stereocenters. The Balaban J connectivity index is 0.790. The van der Waals surface area contributed by atoms with E-state index in [1.807, 2.05) is 0 Å². The minimum Gasteiger partial charge on any atom is -0.482 e. The summed E-state index contributed by atoms with van der Waals surface area (Å²) in [5.41, 5.74) is 7.73. The van der Waals surface area contributed by atoms with Crippen molar-refractivity contribution in [1.29, 1.82) is 0 Å². The van der Waals surface area contributed by atoms with E-state index in [1.54, 1.807) is 30.5 Å². The molecule has 312 valence electrons. The molecule has 5 amide bonds. The third-order valence-corrected chi connectivity index (χ3v) is 10.6. The Morgan fingerprint density at radius 1 is 1.03 bits per heavy atom. The highest BCUT2D eigenvalue weighted by molar-refractivity contribution is 6.32. The second-order valence-corrected chi connectivity index (χ2v) is 14.5. The van der Waals surface area contributed by atoms with Gasteiger partial charge in [0.05, 0.1) is 41.4 Å². The number of aliphatic hydroxyl groups excluding tert-OH is 3. The molecule has 2 aromatic carbocycles. The number of nitrogens with zero attached hydrogens (tertiary/aromatic N) is 4. The molecule has 0 bridgehead atoms. The first-order valence-corrected chi connectivity index (χ1v) is 19.3. The van der Waals surface area contributed by atoms with Crippen LogP contribution in [0, 0.1) is 0 Å². The Bertz CT molecular complexity index is 2250. The standard InChI is InChI=1S/C39H42ClN7O12/c40-24-7-6-21(30(50)33-31(51)32(52)39(59-33)46-12-10-23-34(41)43-19-44-35(23)46)17-26(24)58-18-28(49)42-11-14-57-16-15-56-13-2-4-20-3-1-5-22-29(20)38(55)47(37(22)54)25-8-9-27(48)45-36(25)53/h1,3,5-7,10,12,17,19,25,30-33,39,50-52H,2,4,8-9,11,13-16,18H2,(H,42,49)(H2,41,43,44)(H,45,48,53)/t25?,30-,31+,32-,33-,39-/m1/s1. The molecule has 3 aliphatic heterocycles. The van der Waals surface area contributed by atoms with Crippen molar-refractivity contribution in [2.24, 2.45) is 0 Å². The monoisotopic (exact) mass is 835 g/mol. The van der Waals surface area contributed by atoms with Gasteiger partial charge in [0.1, 0.15) is 54.0 Å². The van der Waals surface area contributed by atoms with Crippen molar-refractivity contribution in [1.82, 2.24) is 30.1 Å². The number of aliphatic hydroxyl groups is 3. The number of imide groups is 2. The van der Waals surface area contributed by atoms with Crippen LogP contribution in [0.25, 0.3) is 11.0 Å². The number of carbonyl (C=O) groups excluding carboxylic acids is 5. The fraction of sp³-hybridized carbons (Fsp3) is 0.410. The van der Waals surface area contributed by atoms with Gasteiger partial charge in [-0.05, 0) is 54.7 Å². The SMILES string of the molecule is Nc1ncnc2c1ccn2[C@@H]1O[C@H]([C@H](O)c2ccc(Cl)c(OCC(=O)NCCOCCOCCCc3cccc4c3C(=O)N(C3CCC(=O)NC3=O)C4=O)c2)[C@@H](O)[C@H]1O. The Morgan fingerprint density at radius 2 is 1.83 bits per heavy atom. The molecule has 20 heteroatoms. The summed E-state index contributed by atoms with van der Waals surface area (Å²) in [4.78, 5) is 71.8. The van der Waals surface area contributed by atoms with Gasteiger partial charge in [0.2, 0.25) is 11.8 Å². The average molecular weight is 836 g/mol. The molecule has 5 heterocycles. The molecule has 59 heavy (non-hydrogen) atoms. The minimum absolute atomic E-state index is 0.0466. The molecule has 7 rings (SSSR count). The summed E-state index contributed by atoms with van der Waals surface area (Å²) in [5.74, 6) is -2.30. The van der Waals surface area contributed by atoms with E-state index in [0.717, 1.165) is 4.90 Å². The van der Waals surface area contributed by atoms with Gasteiger partial charge >= 0.3 is 0 Å². The summed E-state index contributed by atoms with van der Waals surface area (Å²) in [6, 6.07) is 10.0. The second-order valence-electron chi connectivity index (χ2n) is 14.1. The number of amides is 5. The quantitative estimate of drug-likeness (QED) is 0.0628. The van der Waals surface area contributed by atoms with Gasteiger partial charge in [0, 0.05) is 25.8 Å². The molecule has 3 aliphatic rings. The topological polar surface area (TPSA) is 267 Å². The number of ether oxygens (including phenoxy) is 4. The molecule has 1 unspecified atom stereocenters. The summed E-state index contributed by atoms with van der Waals surface area (Å²) in [5, 5.41) is 38.4. The van der Waals surface area contributed by atoms with E-state index in [0.29, 0.717) is 36.0 Å². The second kappa shape index (κ2) is 18.2. The highest BCUT2D eigenvalue weighted by Gasteiger charge is 2.48. The number of benzene rings is 2. The van der Waals surface area contributed by atoms with E-state index >= 15 is 0 Å². The maximum Gasteiger partial charge on any atom is 0.262 e. The number of anilines is 1. The molecule has 2 fully saturated rings. The average Bonchev–Trinajstić information content (AvgIpc) is 3.86. The smallest absolute Gasteiger partial charge is 0.262 e. The van der Waals surface area contributed by atoms with Crippen molar-refractivity contribution in [3.63, 3.8) is 0 Å². The van der Waals surface area contributed by atoms with E-state index in [2.05, 4.69) is 20.6 Å². The number of hydrogen-bond donors (Lipinski definition) is 6. The molecule has 4 aromatic rings. The molecule has 0 spiro atoms. The van der Waals surface area contributed by atoms with Crippen LogP contribution in [0.5, 0.6) is 5.75 Å². The first kappa shape index (κ1) is 41.6. The van der Waals surface area contributed by atoms with Gasteiger partial charge in [-0.3, -0.25) is 34.2 Å². The first-order valence-electron chi connectivity index (χ1n) is 18.9. The van der Waals surface area contributed by atoms with E-state index in [1.165, 1.54) is 29.1 Å². The lowest BCUT2D eigenvalue weighted by atomic mass is 9.99. The highest BCUT2D eigenvalue weighted by Crippen LogP contribution is 2.39. The lowest BCUT2D eigenvalue weighted by Crippen LogP contribution is -2.54. The molecule has 0 radical (unpaired) electrons. The third-order valence-electron chi connectivity index (χ3n) is 10.3. The third kappa shape index (κ3) is 8.76. The molecule has 2 aromatic heterocycles. The number of aryl methyl sites for hydroxylation is 1. The summed E-state index contributed by atoms with van der Waals surface area (Å²) in [6.07, 6.45) is -2.63. The molecular formula is C39H42ClN7O12. The zero-order chi connectivity index (χ0) is 41.8. The van der Waals surface area contributed by atoms with E-state index < -0.39 is 72.8 Å². The van der Waals surface area contributed by atoms with Gasteiger partial charge < -0.3 is 49.9 Å². The zero-order valence-electron chi connectivity index (χ0n) is 31.5. The first-order chi connectivity index (χ1) is 28.4. The Morgan fingerprint density at radius 3 is 2.63 bits per heavy atom. The fourth-order valence-electron chi connectivity index (χ4n) is 7.31. The molecule has 19 nitrogen and oxygen atoms in total. The summed E-state index contributed by atoms with van der Waals surface area (Å²) in [6.45, 7) is 0.885. The van der Waals surface area contributed by atoms with Crippen LogP contribution in [-0.2, 0) is 35.0 Å². The number of aromatic nitrogens is 3. The fourth-order valence-corrected chi connectivity index (χ4v) is 7.49. The van der Waals surface area contributed by atoms with Gasteiger partial charge in [0.25, 0.3) is 17.7 Å². The number of piperidine rings is 1. The van der Waals surface area contributed by atoms with Crippen LogP contribution >= 0.6 is 11.6 Å². The number of hydrogen-bond acceptors (Lipinski definition) is 15. The number of nitrogen functional groups attached to an aromatic ring is 1. The predicted molar refractivity (Wildman–Crippen MR) is 206 cm³/mol. The van der Waals surface area contributed by atoms with Gasteiger partial charge in [-0.1, -0.05) is 29.8 Å². The Hall–Kier alpha value is -5.54. The number of nitrogens with one attached hydrogen (secondary N) is 2. The maximum atomic E-state index is 13.3. The van der Waals surface area contributed by atoms with Crippen molar-refractivity contribution in [2.45, 2.75) is 62.4 Å². The van der Waals surface area contributed by atoms with Crippen LogP contribution in [0.4, 0.5) is 5.82 Å². The van der Waals surface area contributed by atoms with Crippen molar-refractivity contribution in [3.05, 3.63) is 82.3 Å². The molecule has 0 aliphatic carbocycles. The highest BCUT2D eigenvalue weighted by atomic mass is 35.5. The number of fused-ring (bicyclic) bond motifs is 2. The van der Waals surface area contributed by atoms with Gasteiger partial charge in [-0.25, -0.2) is 9.97 Å². The molecule has 2 saturated heterocycles. The zero-order valence-corrected chi connectivity index (χ0v) is 32.2. The summed E-state index contributed by atoms with van der Waals surface area (Å²) < 4.78 is 24.2. The lowest BCUT2D eigenvalue weighted by molar-refractivity contribution is -0.136. The van der Waals surface area contributed by atoms with Crippen LogP contribution in [0.1, 0.15) is 63.4 Å². The normalized spacial score (nSPS) is 22.2. The molecule has 0 saturated carbocycles. The van der Waals surface area contributed by atoms with Crippen LogP contribution in [0.15, 0.2) is 55.0 Å². The number of rotatable bonds is 17. The Kier molecular flexibility index (Phi) is 12.8. The Labute approximate surface area is 341 Å². The van der Waals surface area contributed by atoms with Crippen LogP contribution in [0.3, 0.4) is 0 Å². The predicted octanol–water partition coefficient (Wildman–Crippen LogP) is 0.582. The van der Waals surface area contributed by atoms with E-state index in [4.69, 9.17) is 36.3 Å². The summed E-state index contributed by atoms with van der Waals surface area (Å²) in [7, 11) is 0. The van der Waals surface area contributed by atoms with Crippen LogP contribution in [0.2, 0.25) is 5.02 Å². The molecular weight excluding hydrogens is 794 g/mol. The van der Waals surface area contributed by atoms with Gasteiger partial charge in [0.15, 0.2) is 12.8 Å². The van der Waals surface area contributed by atoms with Crippen LogP contribution < -0.4 is 21.1 Å². The van der Waals surface area contributed by atoms with Crippen molar-refractivity contribution >= 4 is 58.0 Å². The minimum atomic E-state index is -1.47. The summed E-state index contributed by atoms with van der Waals surface area (Å²) >= 11 is 6.30. The lowest BCUT2D eigenvalue weighted by Gasteiger charge is -2.27. The number of halogens is 1. The van der Waals surface area contributed by atoms with Crippen LogP contribution in [-0.4, -0.2) is 128 Å². The van der Waals surface area contributed by atoms with Crippen molar-refractivity contribution in [2.75, 3.05) is 45.3 Å². The maximum absolute atomic E-state index is 13.3. The number of nitrogens with two attached hydrogens (primary N) is 1. The van der Waals surface area contributed by atoms with E-state index in [-0.39, 0.29) is 72.5 Å². The van der Waals surface area contributed by atoms with Crippen molar-refractivity contribution in [3.8, 4) is 5.75 Å². The molecule has 7 N–H and O–H groups in total. The number of carbonyl (C=O) groups is 5. The largest absolute Gasteiger partial charge is 0.482 e. The van der Waals surface area contributed by atoms with Gasteiger partial charge in [-0.15, -0.1) is 0 Å².